The molecule has 10 nitrogen and oxygen atoms in total. The fourth-order valence-electron chi connectivity index (χ4n) is 3.28. The van der Waals surface area contributed by atoms with E-state index in [1.807, 2.05) is 6.07 Å². The first kappa shape index (κ1) is 23.9. The number of anilines is 1. The summed E-state index contributed by atoms with van der Waals surface area (Å²) in [4.78, 5) is 12.5. The molecule has 0 saturated heterocycles. The highest BCUT2D eigenvalue weighted by atomic mass is 16.5. The van der Waals surface area contributed by atoms with Gasteiger partial charge in [0, 0.05) is 11.1 Å². The van der Waals surface area contributed by atoms with Crippen LogP contribution in [0.1, 0.15) is 6.92 Å². The fourth-order valence-corrected chi connectivity index (χ4v) is 3.28. The molecule has 0 radical (unpaired) electrons. The molecule has 0 aliphatic rings. The van der Waals surface area contributed by atoms with E-state index in [1.54, 1.807) is 30.5 Å². The molecule has 5 N–H and O–H groups in total. The van der Waals surface area contributed by atoms with Crippen LogP contribution in [-0.2, 0) is 4.79 Å². The van der Waals surface area contributed by atoms with Gasteiger partial charge >= 0.3 is 0 Å². The van der Waals surface area contributed by atoms with E-state index in [-0.39, 0.29) is 0 Å². The van der Waals surface area contributed by atoms with Gasteiger partial charge in [-0.25, -0.2) is 0 Å². The zero-order valence-electron chi connectivity index (χ0n) is 19.2. The van der Waals surface area contributed by atoms with E-state index in [4.69, 9.17) is 23.5 Å². The molecule has 0 spiro atoms. The Labute approximate surface area is 191 Å². The second-order valence-electron chi connectivity index (χ2n) is 7.23. The number of carbonyl (C=O) groups excluding carboxylic acids is 1. The minimum Gasteiger partial charge on any atom is -0.495 e. The molecule has 2 unspecified atom stereocenters. The van der Waals surface area contributed by atoms with Crippen LogP contribution < -0.4 is 30.0 Å². The number of amides is 1. The van der Waals surface area contributed by atoms with Crippen molar-refractivity contribution in [3.8, 4) is 45.4 Å². The van der Waals surface area contributed by atoms with Gasteiger partial charge in [-0.15, -0.1) is 0 Å². The van der Waals surface area contributed by atoms with Crippen LogP contribution in [0.4, 0.5) is 5.69 Å². The molecular weight excluding hydrogens is 430 g/mol. The number of quaternary nitrogens is 1. The highest BCUT2D eigenvalue weighted by molar-refractivity contribution is 5.96. The van der Waals surface area contributed by atoms with Crippen molar-refractivity contribution in [3.63, 3.8) is 0 Å². The lowest BCUT2D eigenvalue weighted by Crippen LogP contribution is -2.70. The summed E-state index contributed by atoms with van der Waals surface area (Å²) in [6, 6.07) is 7.94. The lowest BCUT2D eigenvalue weighted by Gasteiger charge is -2.15. The van der Waals surface area contributed by atoms with Gasteiger partial charge in [-0.1, -0.05) is 11.2 Å². The Kier molecular flexibility index (Phi) is 7.41. The molecule has 176 valence electrons. The molecule has 0 aliphatic heterocycles. The molecule has 2 aromatic carbocycles. The number of ether oxygens (including phenoxy) is 4. The van der Waals surface area contributed by atoms with Crippen molar-refractivity contribution < 1.29 is 39.1 Å². The predicted octanol–water partition coefficient (Wildman–Crippen LogP) is 1.97. The highest BCUT2D eigenvalue weighted by Crippen LogP contribution is 2.44. The van der Waals surface area contributed by atoms with Gasteiger partial charge in [0.05, 0.1) is 40.3 Å². The monoisotopic (exact) mass is 458 g/mol. The summed E-state index contributed by atoms with van der Waals surface area (Å²) >= 11 is 0. The van der Waals surface area contributed by atoms with Crippen LogP contribution in [0.25, 0.3) is 22.5 Å². The summed E-state index contributed by atoms with van der Waals surface area (Å²) in [6.45, 7) is 1.51. The Balaban J connectivity index is 2.06. The average molecular weight is 458 g/mol. The number of aliphatic hydroxyl groups is 1. The molecule has 1 heterocycles. The van der Waals surface area contributed by atoms with E-state index < -0.39 is 18.1 Å². The molecule has 3 rings (SSSR count). The van der Waals surface area contributed by atoms with Gasteiger partial charge in [0.1, 0.15) is 11.9 Å². The Hall–Kier alpha value is -3.76. The lowest BCUT2D eigenvalue weighted by molar-refractivity contribution is -0.418. The maximum absolute atomic E-state index is 12.5. The van der Waals surface area contributed by atoms with Crippen LogP contribution in [0.15, 0.2) is 41.1 Å². The molecule has 1 amide bonds. The number of rotatable bonds is 9. The van der Waals surface area contributed by atoms with Crippen molar-refractivity contribution >= 4 is 11.6 Å². The van der Waals surface area contributed by atoms with Crippen molar-refractivity contribution in [1.29, 1.82) is 0 Å². The van der Waals surface area contributed by atoms with Gasteiger partial charge < -0.3 is 39.6 Å². The van der Waals surface area contributed by atoms with E-state index >= 15 is 0 Å². The Morgan fingerprint density at radius 2 is 1.64 bits per heavy atom. The third kappa shape index (κ3) is 4.86. The summed E-state index contributed by atoms with van der Waals surface area (Å²) in [5.74, 6) is 1.88. The first-order valence-electron chi connectivity index (χ1n) is 10.1. The van der Waals surface area contributed by atoms with Crippen LogP contribution in [-0.4, -0.2) is 56.8 Å². The number of carbonyl (C=O) groups is 1. The van der Waals surface area contributed by atoms with Crippen LogP contribution in [0, 0.1) is 0 Å². The SMILES string of the molecule is COc1ccc(-c2cnoc2-c2cc(OC)c(OC)c(OC)c2)cc1NC(=O)C([NH3+])C(C)O. The molecule has 10 heteroatoms. The van der Waals surface area contributed by atoms with Gasteiger partial charge in [-0.2, -0.15) is 0 Å². The van der Waals surface area contributed by atoms with Gasteiger partial charge in [0.15, 0.2) is 23.3 Å². The van der Waals surface area contributed by atoms with Crippen LogP contribution in [0.3, 0.4) is 0 Å². The molecule has 0 saturated carbocycles. The second kappa shape index (κ2) is 10.2. The molecule has 3 aromatic rings. The number of methoxy groups -OCH3 is 4. The zero-order chi connectivity index (χ0) is 24.1. The number of nitrogens with zero attached hydrogens (tertiary/aromatic N) is 1. The number of nitrogens with one attached hydrogen (secondary N) is 1. The Morgan fingerprint density at radius 3 is 2.18 bits per heavy atom. The van der Waals surface area contributed by atoms with Crippen molar-refractivity contribution in [1.82, 2.24) is 5.16 Å². The van der Waals surface area contributed by atoms with Crippen LogP contribution in [0.5, 0.6) is 23.0 Å². The largest absolute Gasteiger partial charge is 0.495 e. The average Bonchev–Trinajstić information content (AvgIpc) is 3.32. The van der Waals surface area contributed by atoms with E-state index in [1.165, 1.54) is 35.4 Å². The van der Waals surface area contributed by atoms with Crippen LogP contribution in [0.2, 0.25) is 0 Å². The lowest BCUT2D eigenvalue weighted by atomic mass is 10.0. The smallest absolute Gasteiger partial charge is 0.285 e. The first-order chi connectivity index (χ1) is 15.8. The molecule has 0 bridgehead atoms. The van der Waals surface area contributed by atoms with Crippen molar-refractivity contribution in [2.75, 3.05) is 33.8 Å². The topological polar surface area (TPSA) is 140 Å². The normalized spacial score (nSPS) is 12.6. The molecule has 0 fully saturated rings. The number of aliphatic hydroxyl groups excluding tert-OH is 1. The Morgan fingerprint density at radius 1 is 1.00 bits per heavy atom. The van der Waals surface area contributed by atoms with E-state index in [0.717, 1.165) is 0 Å². The maximum atomic E-state index is 12.5. The standard InChI is InChI=1S/C23H27N3O7/c1-12(27)20(24)23(28)26-16-8-13(6-7-17(16)29-2)15-11-25-33-21(15)14-9-18(30-3)22(32-5)19(10-14)31-4/h6-12,20,27H,24H2,1-5H3,(H,26,28)/p+1. The number of hydrogen-bond acceptors (Lipinski definition) is 8. The van der Waals surface area contributed by atoms with Gasteiger partial charge in [0.25, 0.3) is 5.91 Å². The Bertz CT molecular complexity index is 1100. The maximum Gasteiger partial charge on any atom is 0.285 e. The van der Waals surface area contributed by atoms with Crippen molar-refractivity contribution in [2.45, 2.75) is 19.1 Å². The van der Waals surface area contributed by atoms with Crippen molar-refractivity contribution in [3.05, 3.63) is 36.5 Å². The quantitative estimate of drug-likeness (QED) is 0.442. The zero-order valence-corrected chi connectivity index (χ0v) is 19.2. The van der Waals surface area contributed by atoms with Gasteiger partial charge in [0.2, 0.25) is 5.75 Å². The third-order valence-corrected chi connectivity index (χ3v) is 5.18. The summed E-state index contributed by atoms with van der Waals surface area (Å²) in [7, 11) is 6.09. The van der Waals surface area contributed by atoms with Crippen molar-refractivity contribution in [2.24, 2.45) is 0 Å². The first-order valence-corrected chi connectivity index (χ1v) is 10.1. The van der Waals surface area contributed by atoms with E-state index in [9.17, 15) is 9.90 Å². The molecule has 0 aliphatic carbocycles. The molecular formula is C23H28N3O7+. The summed E-state index contributed by atoms with van der Waals surface area (Å²) in [5, 5.41) is 16.4. The number of aromatic nitrogens is 1. The van der Waals surface area contributed by atoms with Gasteiger partial charge in [-0.3, -0.25) is 4.79 Å². The molecule has 33 heavy (non-hydrogen) atoms. The fraction of sp³-hybridized carbons (Fsp3) is 0.304. The summed E-state index contributed by atoms with van der Waals surface area (Å²) in [6.07, 6.45) is 0.676. The number of hydrogen-bond donors (Lipinski definition) is 3. The highest BCUT2D eigenvalue weighted by Gasteiger charge is 2.25. The molecule has 2 atom stereocenters. The minimum atomic E-state index is -0.899. The van der Waals surface area contributed by atoms with Crippen LogP contribution >= 0.6 is 0 Å². The van der Waals surface area contributed by atoms with E-state index in [0.29, 0.717) is 51.1 Å². The van der Waals surface area contributed by atoms with Gasteiger partial charge in [-0.05, 0) is 36.8 Å². The third-order valence-electron chi connectivity index (χ3n) is 5.18. The summed E-state index contributed by atoms with van der Waals surface area (Å²) in [5.41, 5.74) is 6.17. The minimum absolute atomic E-state index is 0.423. The summed E-state index contributed by atoms with van der Waals surface area (Å²) < 4.78 is 27.2. The molecule has 1 aromatic heterocycles. The number of benzene rings is 2. The predicted molar refractivity (Wildman–Crippen MR) is 121 cm³/mol. The van der Waals surface area contributed by atoms with E-state index in [2.05, 4.69) is 16.2 Å². The second-order valence-corrected chi connectivity index (χ2v) is 7.23.